The number of carbonyl (C=O) groups excluding carboxylic acids is 2. The zero-order valence-corrected chi connectivity index (χ0v) is 16.4. The molecule has 0 aliphatic rings. The molecule has 3 aromatic rings. The van der Waals surface area contributed by atoms with Crippen molar-refractivity contribution >= 4 is 40.1 Å². The van der Waals surface area contributed by atoms with Crippen LogP contribution in [-0.4, -0.2) is 16.9 Å². The Kier molecular flexibility index (Phi) is 6.36. The number of thiazole rings is 1. The monoisotopic (exact) mass is 436 g/mol. The minimum Gasteiger partial charge on any atom is -0.465 e. The Morgan fingerprint density at radius 3 is 2.73 bits per heavy atom. The third kappa shape index (κ3) is 5.35. The number of hydrogen-bond acceptors (Lipinski definition) is 6. The van der Waals surface area contributed by atoms with Gasteiger partial charge in [0.2, 0.25) is 5.91 Å². The molecule has 0 radical (unpaired) electrons. The van der Waals surface area contributed by atoms with Gasteiger partial charge >= 0.3 is 12.1 Å². The van der Waals surface area contributed by atoms with Crippen LogP contribution in [0, 0.1) is 0 Å². The molecule has 0 saturated heterocycles. The molecular weight excluding hydrogens is 421 g/mol. The van der Waals surface area contributed by atoms with Gasteiger partial charge in [0.05, 0.1) is 23.2 Å². The van der Waals surface area contributed by atoms with Crippen molar-refractivity contribution in [3.8, 4) is 0 Å². The summed E-state index contributed by atoms with van der Waals surface area (Å²) in [5, 5.41) is 1.72. The molecule has 0 bridgehead atoms. The van der Waals surface area contributed by atoms with Crippen molar-refractivity contribution in [2.45, 2.75) is 19.7 Å². The number of ether oxygens (including phenoxy) is 1. The fourth-order valence-corrected chi connectivity index (χ4v) is 3.31. The summed E-state index contributed by atoms with van der Waals surface area (Å²) < 4.78 is 49.1. The van der Waals surface area contributed by atoms with Gasteiger partial charge in [-0.1, -0.05) is 6.07 Å². The van der Waals surface area contributed by atoms with E-state index in [2.05, 4.69) is 4.98 Å². The molecule has 2 aromatic heterocycles. The lowest BCUT2D eigenvalue weighted by Crippen LogP contribution is -2.23. The first-order chi connectivity index (χ1) is 14.2. The van der Waals surface area contributed by atoms with Gasteiger partial charge < -0.3 is 9.15 Å². The number of rotatable bonds is 6. The maximum absolute atomic E-state index is 13.0. The lowest BCUT2D eigenvalue weighted by molar-refractivity contribution is -0.139. The predicted octanol–water partition coefficient (Wildman–Crippen LogP) is 5.20. The summed E-state index contributed by atoms with van der Waals surface area (Å²) in [5.74, 6) is -0.642. The number of nitrogens with zero attached hydrogens (tertiary/aromatic N) is 2. The van der Waals surface area contributed by atoms with Crippen molar-refractivity contribution in [3.63, 3.8) is 0 Å². The van der Waals surface area contributed by atoms with Crippen LogP contribution in [0.3, 0.4) is 0 Å². The van der Waals surface area contributed by atoms with Crippen molar-refractivity contribution < 1.29 is 31.9 Å². The van der Waals surface area contributed by atoms with Crippen LogP contribution in [0.25, 0.3) is 6.08 Å². The van der Waals surface area contributed by atoms with Crippen molar-refractivity contribution in [1.29, 1.82) is 0 Å². The van der Waals surface area contributed by atoms with E-state index in [1.807, 2.05) is 0 Å². The maximum Gasteiger partial charge on any atom is 0.416 e. The summed E-state index contributed by atoms with van der Waals surface area (Å²) >= 11 is 1.05. The molecule has 2 heterocycles. The molecule has 0 aliphatic carbocycles. The smallest absolute Gasteiger partial charge is 0.416 e. The summed E-state index contributed by atoms with van der Waals surface area (Å²) in [6, 6.07) is 7.74. The number of amides is 1. The van der Waals surface area contributed by atoms with Crippen LogP contribution in [0.15, 0.2) is 58.5 Å². The van der Waals surface area contributed by atoms with Crippen LogP contribution in [-0.2, 0) is 27.1 Å². The van der Waals surface area contributed by atoms with Gasteiger partial charge in [0.1, 0.15) is 12.4 Å². The van der Waals surface area contributed by atoms with Gasteiger partial charge in [-0.2, -0.15) is 13.2 Å². The van der Waals surface area contributed by atoms with Crippen LogP contribution in [0.2, 0.25) is 0 Å². The molecule has 3 rings (SSSR count). The minimum absolute atomic E-state index is 0.0385. The van der Waals surface area contributed by atoms with E-state index >= 15 is 0 Å². The quantitative estimate of drug-likeness (QED) is 0.393. The normalized spacial score (nSPS) is 11.6. The zero-order chi connectivity index (χ0) is 21.7. The van der Waals surface area contributed by atoms with Gasteiger partial charge in [-0.05, 0) is 36.4 Å². The lowest BCUT2D eigenvalue weighted by Gasteiger charge is -2.19. The second-order valence-corrected chi connectivity index (χ2v) is 6.82. The Hall–Kier alpha value is -3.40. The topological polar surface area (TPSA) is 72.6 Å². The van der Waals surface area contributed by atoms with Crippen LogP contribution in [0.4, 0.5) is 24.0 Å². The van der Waals surface area contributed by atoms with Gasteiger partial charge in [0.25, 0.3) is 0 Å². The number of alkyl halides is 3. The Morgan fingerprint density at radius 2 is 2.07 bits per heavy atom. The molecule has 0 N–H and O–H groups in total. The van der Waals surface area contributed by atoms with Gasteiger partial charge in [0, 0.05) is 18.4 Å². The van der Waals surface area contributed by atoms with Crippen molar-refractivity contribution in [2.75, 3.05) is 4.90 Å². The van der Waals surface area contributed by atoms with E-state index in [-0.39, 0.29) is 17.4 Å². The van der Waals surface area contributed by atoms with Gasteiger partial charge in [-0.25, -0.2) is 9.78 Å². The Morgan fingerprint density at radius 1 is 1.27 bits per heavy atom. The second-order valence-electron chi connectivity index (χ2n) is 5.98. The highest BCUT2D eigenvalue weighted by Gasteiger charge is 2.31. The third-order valence-electron chi connectivity index (χ3n) is 3.77. The third-order valence-corrected chi connectivity index (χ3v) is 4.64. The molecule has 10 heteroatoms. The van der Waals surface area contributed by atoms with Crippen LogP contribution in [0.5, 0.6) is 0 Å². The molecule has 0 atom stereocenters. The lowest BCUT2D eigenvalue weighted by atomic mass is 10.2. The first-order valence-corrected chi connectivity index (χ1v) is 9.42. The van der Waals surface area contributed by atoms with E-state index in [9.17, 15) is 22.8 Å². The largest absolute Gasteiger partial charge is 0.465 e. The molecule has 6 nitrogen and oxygen atoms in total. The molecule has 0 saturated carbocycles. The minimum atomic E-state index is -4.54. The molecule has 1 amide bonds. The van der Waals surface area contributed by atoms with Gasteiger partial charge in [-0.15, -0.1) is 11.3 Å². The van der Waals surface area contributed by atoms with E-state index in [0.29, 0.717) is 11.5 Å². The van der Waals surface area contributed by atoms with Crippen LogP contribution in [0.1, 0.15) is 23.9 Å². The van der Waals surface area contributed by atoms with Crippen molar-refractivity contribution in [2.24, 2.45) is 0 Å². The maximum atomic E-state index is 13.0. The molecule has 0 unspecified atom stereocenters. The number of aromatic nitrogens is 1. The van der Waals surface area contributed by atoms with Crippen LogP contribution < -0.4 is 4.90 Å². The summed E-state index contributed by atoms with van der Waals surface area (Å²) in [6.45, 7) is 1.06. The first kappa shape index (κ1) is 21.3. The molecule has 156 valence electrons. The van der Waals surface area contributed by atoms with Crippen LogP contribution >= 0.6 is 11.3 Å². The van der Waals surface area contributed by atoms with Crippen molar-refractivity contribution in [3.05, 3.63) is 71.1 Å². The second kappa shape index (κ2) is 8.95. The Balaban J connectivity index is 1.71. The average molecular weight is 436 g/mol. The number of hydrogen-bond donors (Lipinski definition) is 0. The number of benzene rings is 1. The molecule has 0 aliphatic heterocycles. The molecule has 0 spiro atoms. The standard InChI is InChI=1S/C20H15F3N2O4S/c1-13(26)25(16-5-2-4-14(10-16)20(21,22)23)19-24-15(12-30-19)11-29-18(27)8-7-17-6-3-9-28-17/h2-10,12H,11H2,1H3/b8-7+. The Labute approximate surface area is 173 Å². The van der Waals surface area contributed by atoms with E-state index in [1.165, 1.54) is 37.5 Å². The van der Waals surface area contributed by atoms with Crippen molar-refractivity contribution in [1.82, 2.24) is 4.98 Å². The summed E-state index contributed by atoms with van der Waals surface area (Å²) in [6.07, 6.45) is -0.437. The highest BCUT2D eigenvalue weighted by Crippen LogP contribution is 2.35. The number of carbonyl (C=O) groups is 2. The van der Waals surface area contributed by atoms with Gasteiger partial charge in [-0.3, -0.25) is 9.69 Å². The highest BCUT2D eigenvalue weighted by molar-refractivity contribution is 7.14. The van der Waals surface area contributed by atoms with E-state index in [4.69, 9.17) is 9.15 Å². The highest BCUT2D eigenvalue weighted by atomic mass is 32.1. The molecule has 1 aromatic carbocycles. The number of esters is 1. The summed E-state index contributed by atoms with van der Waals surface area (Å²) in [5.41, 5.74) is -0.482. The zero-order valence-electron chi connectivity index (χ0n) is 15.6. The first-order valence-electron chi connectivity index (χ1n) is 8.55. The molecule has 30 heavy (non-hydrogen) atoms. The van der Waals surface area contributed by atoms with Gasteiger partial charge in [0.15, 0.2) is 5.13 Å². The number of furan rings is 1. The number of halogens is 3. The fourth-order valence-electron chi connectivity index (χ4n) is 2.44. The summed E-state index contributed by atoms with van der Waals surface area (Å²) in [4.78, 5) is 29.1. The average Bonchev–Trinajstić information content (AvgIpc) is 3.36. The molecular formula is C20H15F3N2O4S. The van der Waals surface area contributed by atoms with E-state index in [1.54, 1.807) is 17.5 Å². The fraction of sp³-hybridized carbons (Fsp3) is 0.150. The number of anilines is 2. The Bertz CT molecular complexity index is 1060. The summed E-state index contributed by atoms with van der Waals surface area (Å²) in [7, 11) is 0. The van der Waals surface area contributed by atoms with E-state index in [0.717, 1.165) is 28.4 Å². The predicted molar refractivity (Wildman–Crippen MR) is 104 cm³/mol. The van der Waals surface area contributed by atoms with E-state index < -0.39 is 23.6 Å². The molecule has 0 fully saturated rings. The SMILES string of the molecule is CC(=O)N(c1cccc(C(F)(F)F)c1)c1nc(COC(=O)/C=C/c2ccco2)cs1.